The molecule has 1 amide bonds. The third-order valence-electron chi connectivity index (χ3n) is 3.14. The van der Waals surface area contributed by atoms with Crippen LogP contribution in [0.15, 0.2) is 30.6 Å². The van der Waals surface area contributed by atoms with Crippen molar-refractivity contribution in [1.29, 1.82) is 0 Å². The molecule has 2 aromatic rings. The van der Waals surface area contributed by atoms with Gasteiger partial charge in [-0.25, -0.2) is 4.98 Å². The summed E-state index contributed by atoms with van der Waals surface area (Å²) in [6, 6.07) is 5.66. The Morgan fingerprint density at radius 1 is 1.43 bits per heavy atom. The van der Waals surface area contributed by atoms with Crippen LogP contribution >= 0.6 is 11.3 Å². The molecule has 0 aliphatic rings. The van der Waals surface area contributed by atoms with Crippen LogP contribution in [0.5, 0.6) is 0 Å². The minimum Gasteiger partial charge on any atom is -0.347 e. The Labute approximate surface area is 128 Å². The molecule has 0 fully saturated rings. The minimum absolute atomic E-state index is 0.0258. The summed E-state index contributed by atoms with van der Waals surface area (Å²) >= 11 is 1.34. The van der Waals surface area contributed by atoms with Gasteiger partial charge in [0.25, 0.3) is 5.91 Å². The van der Waals surface area contributed by atoms with Gasteiger partial charge in [-0.3, -0.25) is 9.78 Å². The first kappa shape index (κ1) is 15.6. The van der Waals surface area contributed by atoms with Crippen LogP contribution < -0.4 is 11.1 Å². The van der Waals surface area contributed by atoms with Gasteiger partial charge in [-0.15, -0.1) is 11.3 Å². The molecule has 5 nitrogen and oxygen atoms in total. The lowest BCUT2D eigenvalue weighted by Gasteiger charge is -2.15. The summed E-state index contributed by atoms with van der Waals surface area (Å²) in [5.74, 6) is -0.110. The topological polar surface area (TPSA) is 80.9 Å². The molecule has 0 saturated heterocycles. The number of nitrogens with zero attached hydrogens (tertiary/aromatic N) is 2. The van der Waals surface area contributed by atoms with Crippen molar-refractivity contribution in [1.82, 2.24) is 15.3 Å². The molecule has 0 aliphatic carbocycles. The quantitative estimate of drug-likeness (QED) is 0.823. The van der Waals surface area contributed by atoms with E-state index >= 15 is 0 Å². The van der Waals surface area contributed by atoms with Gasteiger partial charge in [0.2, 0.25) is 0 Å². The highest BCUT2D eigenvalue weighted by molar-refractivity contribution is 7.16. The maximum Gasteiger partial charge on any atom is 0.263 e. The number of amides is 1. The fraction of sp³-hybridized carbons (Fsp3) is 0.400. The largest absolute Gasteiger partial charge is 0.347 e. The number of thiazole rings is 1. The van der Waals surface area contributed by atoms with Gasteiger partial charge in [-0.1, -0.05) is 25.8 Å². The predicted octanol–water partition coefficient (Wildman–Crippen LogP) is 2.45. The van der Waals surface area contributed by atoms with Crippen LogP contribution in [-0.4, -0.2) is 28.5 Å². The van der Waals surface area contributed by atoms with Crippen molar-refractivity contribution in [2.45, 2.75) is 32.2 Å². The third-order valence-corrected chi connectivity index (χ3v) is 4.16. The highest BCUT2D eigenvalue weighted by Gasteiger charge is 2.15. The van der Waals surface area contributed by atoms with E-state index < -0.39 is 0 Å². The molecule has 2 aromatic heterocycles. The van der Waals surface area contributed by atoms with E-state index in [0.717, 1.165) is 30.0 Å². The SMILES string of the molecule is CCCCC(CN)NC(=O)c1cnc(-c2ccccn2)s1. The lowest BCUT2D eigenvalue weighted by Crippen LogP contribution is -2.39. The Morgan fingerprint density at radius 2 is 2.29 bits per heavy atom. The zero-order valence-electron chi connectivity index (χ0n) is 12.1. The summed E-state index contributed by atoms with van der Waals surface area (Å²) in [7, 11) is 0. The van der Waals surface area contributed by atoms with E-state index in [1.54, 1.807) is 12.4 Å². The maximum atomic E-state index is 12.2. The molecule has 0 aromatic carbocycles. The monoisotopic (exact) mass is 304 g/mol. The van der Waals surface area contributed by atoms with Crippen LogP contribution in [0.1, 0.15) is 35.9 Å². The van der Waals surface area contributed by atoms with Gasteiger partial charge >= 0.3 is 0 Å². The number of rotatable bonds is 7. The van der Waals surface area contributed by atoms with Crippen molar-refractivity contribution in [3.8, 4) is 10.7 Å². The molecule has 112 valence electrons. The molecule has 0 aliphatic heterocycles. The van der Waals surface area contributed by atoms with Crippen molar-refractivity contribution in [2.75, 3.05) is 6.54 Å². The fourth-order valence-corrected chi connectivity index (χ4v) is 2.74. The maximum absolute atomic E-state index is 12.2. The van der Waals surface area contributed by atoms with Crippen LogP contribution in [0.2, 0.25) is 0 Å². The molecule has 0 spiro atoms. The van der Waals surface area contributed by atoms with E-state index in [1.165, 1.54) is 11.3 Å². The third kappa shape index (κ3) is 4.34. The van der Waals surface area contributed by atoms with E-state index in [2.05, 4.69) is 22.2 Å². The Bertz CT molecular complexity index is 570. The Hall–Kier alpha value is -1.79. The van der Waals surface area contributed by atoms with Crippen molar-refractivity contribution < 1.29 is 4.79 Å². The van der Waals surface area contributed by atoms with E-state index in [1.807, 2.05) is 18.2 Å². The summed E-state index contributed by atoms with van der Waals surface area (Å²) in [5.41, 5.74) is 6.48. The lowest BCUT2D eigenvalue weighted by molar-refractivity contribution is 0.0939. The molecular weight excluding hydrogens is 284 g/mol. The molecule has 6 heteroatoms. The average molecular weight is 304 g/mol. The Balaban J connectivity index is 2.02. The first-order chi connectivity index (χ1) is 10.2. The summed E-state index contributed by atoms with van der Waals surface area (Å²) in [6.45, 7) is 2.58. The van der Waals surface area contributed by atoms with Gasteiger partial charge in [0.15, 0.2) is 0 Å². The van der Waals surface area contributed by atoms with E-state index in [-0.39, 0.29) is 11.9 Å². The zero-order chi connectivity index (χ0) is 15.1. The van der Waals surface area contributed by atoms with Crippen molar-refractivity contribution >= 4 is 17.2 Å². The molecule has 1 atom stereocenters. The second-order valence-electron chi connectivity index (χ2n) is 4.79. The second-order valence-corrected chi connectivity index (χ2v) is 5.82. The van der Waals surface area contributed by atoms with Crippen LogP contribution in [0.3, 0.4) is 0 Å². The molecule has 0 bridgehead atoms. The fourth-order valence-electron chi connectivity index (χ4n) is 1.94. The number of nitrogens with two attached hydrogens (primary N) is 1. The normalized spacial score (nSPS) is 12.1. The van der Waals surface area contributed by atoms with E-state index in [9.17, 15) is 4.79 Å². The number of carbonyl (C=O) groups excluding carboxylic acids is 1. The van der Waals surface area contributed by atoms with Crippen LogP contribution in [0.25, 0.3) is 10.7 Å². The highest BCUT2D eigenvalue weighted by Crippen LogP contribution is 2.23. The van der Waals surface area contributed by atoms with Gasteiger partial charge in [0.05, 0.1) is 11.9 Å². The van der Waals surface area contributed by atoms with Crippen molar-refractivity contribution in [3.63, 3.8) is 0 Å². The molecular formula is C15H20N4OS. The molecule has 0 saturated carbocycles. The predicted molar refractivity (Wildman–Crippen MR) is 85.2 cm³/mol. The average Bonchev–Trinajstić information content (AvgIpc) is 3.02. The summed E-state index contributed by atoms with van der Waals surface area (Å²) in [6.07, 6.45) is 6.37. The first-order valence-corrected chi connectivity index (χ1v) is 7.94. The summed E-state index contributed by atoms with van der Waals surface area (Å²) in [4.78, 5) is 21.3. The number of carbonyl (C=O) groups is 1. The van der Waals surface area contributed by atoms with Crippen LogP contribution in [0.4, 0.5) is 0 Å². The Kier molecular flexibility index (Phi) is 5.83. The van der Waals surface area contributed by atoms with Crippen molar-refractivity contribution in [2.24, 2.45) is 5.73 Å². The number of aromatic nitrogens is 2. The standard InChI is InChI=1S/C15H20N4OS/c1-2-3-6-11(9-16)19-14(20)13-10-18-15(21-13)12-7-4-5-8-17-12/h4-5,7-8,10-11H,2-3,6,9,16H2,1H3,(H,19,20). The minimum atomic E-state index is -0.110. The molecule has 0 radical (unpaired) electrons. The molecule has 3 N–H and O–H groups in total. The Morgan fingerprint density at radius 3 is 2.95 bits per heavy atom. The van der Waals surface area contributed by atoms with E-state index in [0.29, 0.717) is 11.4 Å². The van der Waals surface area contributed by atoms with Crippen LogP contribution in [-0.2, 0) is 0 Å². The molecule has 2 rings (SSSR count). The molecule has 1 unspecified atom stereocenters. The van der Waals surface area contributed by atoms with Crippen molar-refractivity contribution in [3.05, 3.63) is 35.5 Å². The van der Waals surface area contributed by atoms with E-state index in [4.69, 9.17) is 5.73 Å². The number of pyridine rings is 1. The number of hydrogen-bond acceptors (Lipinski definition) is 5. The lowest BCUT2D eigenvalue weighted by atomic mass is 10.1. The smallest absolute Gasteiger partial charge is 0.263 e. The summed E-state index contributed by atoms with van der Waals surface area (Å²) < 4.78 is 0. The van der Waals surface area contributed by atoms with Gasteiger partial charge in [0, 0.05) is 18.8 Å². The molecule has 2 heterocycles. The van der Waals surface area contributed by atoms with Gasteiger partial charge in [-0.05, 0) is 18.6 Å². The van der Waals surface area contributed by atoms with Gasteiger partial charge in [-0.2, -0.15) is 0 Å². The van der Waals surface area contributed by atoms with Crippen LogP contribution in [0, 0.1) is 0 Å². The number of hydrogen-bond donors (Lipinski definition) is 2. The number of unbranched alkanes of at least 4 members (excludes halogenated alkanes) is 1. The van der Waals surface area contributed by atoms with Gasteiger partial charge < -0.3 is 11.1 Å². The molecule has 21 heavy (non-hydrogen) atoms. The summed E-state index contributed by atoms with van der Waals surface area (Å²) in [5, 5.41) is 3.72. The van der Waals surface area contributed by atoms with Gasteiger partial charge in [0.1, 0.15) is 9.88 Å². The first-order valence-electron chi connectivity index (χ1n) is 7.12. The number of nitrogens with one attached hydrogen (secondary N) is 1. The second kappa shape index (κ2) is 7.85. The zero-order valence-corrected chi connectivity index (χ0v) is 12.9. The highest BCUT2D eigenvalue weighted by atomic mass is 32.1.